The molecule has 1 aromatic rings. The Hall–Kier alpha value is -2.36. The van der Waals surface area contributed by atoms with Gasteiger partial charge in [-0.25, -0.2) is 9.59 Å². The van der Waals surface area contributed by atoms with Crippen LogP contribution in [0.4, 0.5) is 0 Å². The van der Waals surface area contributed by atoms with E-state index in [4.69, 9.17) is 0 Å². The van der Waals surface area contributed by atoms with Gasteiger partial charge in [0.2, 0.25) is 0 Å². The topological polar surface area (TPSA) is 52.6 Å². The molecule has 4 heteroatoms. The number of rotatable bonds is 4. The van der Waals surface area contributed by atoms with Crippen LogP contribution >= 0.6 is 0 Å². The predicted octanol–water partition coefficient (Wildman–Crippen LogP) is 2.06. The van der Waals surface area contributed by atoms with Crippen molar-refractivity contribution in [2.24, 2.45) is 0 Å². The van der Waals surface area contributed by atoms with Crippen LogP contribution in [-0.4, -0.2) is 26.2 Å². The van der Waals surface area contributed by atoms with E-state index in [-0.39, 0.29) is 0 Å². The molecule has 0 spiro atoms. The van der Waals surface area contributed by atoms with E-state index in [2.05, 4.69) is 9.47 Å². The maximum Gasteiger partial charge on any atom is 0.330 e. The number of methoxy groups -OCH3 is 2. The summed E-state index contributed by atoms with van der Waals surface area (Å²) in [6, 6.07) is 7.32. The van der Waals surface area contributed by atoms with E-state index in [1.807, 2.05) is 24.3 Å². The van der Waals surface area contributed by atoms with Crippen LogP contribution in [0.5, 0.6) is 0 Å². The van der Waals surface area contributed by atoms with E-state index in [0.29, 0.717) is 0 Å². The first-order valence-corrected chi connectivity index (χ1v) is 5.28. The Morgan fingerprint density at radius 1 is 0.833 bits per heavy atom. The summed E-state index contributed by atoms with van der Waals surface area (Å²) in [6.45, 7) is 0. The van der Waals surface area contributed by atoms with E-state index < -0.39 is 11.9 Å². The molecule has 0 aliphatic carbocycles. The van der Waals surface area contributed by atoms with Gasteiger partial charge in [-0.05, 0) is 23.3 Å². The highest BCUT2D eigenvalue weighted by atomic mass is 16.5. The molecule has 0 saturated heterocycles. The number of benzene rings is 1. The normalized spacial score (nSPS) is 10.8. The maximum absolute atomic E-state index is 10.9. The van der Waals surface area contributed by atoms with Crippen molar-refractivity contribution in [3.8, 4) is 0 Å². The molecule has 94 valence electrons. The third-order valence-electron chi connectivity index (χ3n) is 2.16. The molecule has 0 heterocycles. The molecule has 1 aromatic carbocycles. The van der Waals surface area contributed by atoms with Crippen molar-refractivity contribution in [1.82, 2.24) is 0 Å². The summed E-state index contributed by atoms with van der Waals surface area (Å²) in [5, 5.41) is 0. The Kier molecular flexibility index (Phi) is 5.38. The third-order valence-corrected chi connectivity index (χ3v) is 2.16. The highest BCUT2D eigenvalue weighted by Crippen LogP contribution is 2.08. The van der Waals surface area contributed by atoms with E-state index in [9.17, 15) is 9.59 Å². The Morgan fingerprint density at radius 3 is 1.44 bits per heavy atom. The van der Waals surface area contributed by atoms with Gasteiger partial charge < -0.3 is 9.47 Å². The van der Waals surface area contributed by atoms with Gasteiger partial charge in [0, 0.05) is 12.2 Å². The lowest BCUT2D eigenvalue weighted by atomic mass is 10.1. The van der Waals surface area contributed by atoms with Gasteiger partial charge in [-0.3, -0.25) is 0 Å². The van der Waals surface area contributed by atoms with Gasteiger partial charge in [0.15, 0.2) is 0 Å². The molecule has 0 aromatic heterocycles. The number of carbonyl (C=O) groups is 2. The van der Waals surface area contributed by atoms with E-state index >= 15 is 0 Å². The van der Waals surface area contributed by atoms with Crippen molar-refractivity contribution < 1.29 is 19.1 Å². The summed E-state index contributed by atoms with van der Waals surface area (Å²) in [4.78, 5) is 21.8. The summed E-state index contributed by atoms with van der Waals surface area (Å²) in [7, 11) is 2.65. The smallest absolute Gasteiger partial charge is 0.330 e. The first kappa shape index (κ1) is 13.7. The Labute approximate surface area is 106 Å². The van der Waals surface area contributed by atoms with Crippen molar-refractivity contribution in [2.45, 2.75) is 0 Å². The summed E-state index contributed by atoms with van der Waals surface area (Å²) in [6.07, 6.45) is 6.00. The zero-order chi connectivity index (χ0) is 13.4. The van der Waals surface area contributed by atoms with Gasteiger partial charge in [-0.15, -0.1) is 0 Å². The van der Waals surface area contributed by atoms with Crippen molar-refractivity contribution in [3.05, 3.63) is 47.5 Å². The van der Waals surface area contributed by atoms with Crippen molar-refractivity contribution >= 4 is 24.1 Å². The number of hydrogen-bond donors (Lipinski definition) is 0. The lowest BCUT2D eigenvalue weighted by molar-refractivity contribution is -0.135. The molecule has 0 aliphatic heterocycles. The fourth-order valence-electron chi connectivity index (χ4n) is 1.18. The highest BCUT2D eigenvalue weighted by molar-refractivity contribution is 5.88. The minimum Gasteiger partial charge on any atom is -0.466 e. The summed E-state index contributed by atoms with van der Waals surface area (Å²) >= 11 is 0. The number of ether oxygens (including phenoxy) is 2. The molecular formula is C14H14O4. The third kappa shape index (κ3) is 4.65. The van der Waals surface area contributed by atoms with E-state index in [1.165, 1.54) is 26.4 Å². The van der Waals surface area contributed by atoms with Crippen LogP contribution in [0.15, 0.2) is 36.4 Å². The molecule has 0 bridgehead atoms. The molecule has 0 fully saturated rings. The van der Waals surface area contributed by atoms with E-state index in [1.54, 1.807) is 12.2 Å². The summed E-state index contributed by atoms with van der Waals surface area (Å²) in [5.74, 6) is -0.797. The highest BCUT2D eigenvalue weighted by Gasteiger charge is 1.94. The zero-order valence-electron chi connectivity index (χ0n) is 10.3. The monoisotopic (exact) mass is 246 g/mol. The van der Waals surface area contributed by atoms with Gasteiger partial charge >= 0.3 is 11.9 Å². The summed E-state index contributed by atoms with van der Waals surface area (Å²) in [5.41, 5.74) is 1.74. The Balaban J connectivity index is 2.68. The van der Waals surface area contributed by atoms with Crippen LogP contribution in [0.3, 0.4) is 0 Å². The van der Waals surface area contributed by atoms with Crippen molar-refractivity contribution in [2.75, 3.05) is 14.2 Å². The molecule has 0 amide bonds. The second-order valence-electron chi connectivity index (χ2n) is 3.38. The zero-order valence-corrected chi connectivity index (χ0v) is 10.3. The van der Waals surface area contributed by atoms with Crippen LogP contribution in [0, 0.1) is 0 Å². The van der Waals surface area contributed by atoms with Gasteiger partial charge in [-0.1, -0.05) is 24.3 Å². The lowest BCUT2D eigenvalue weighted by Crippen LogP contribution is -1.93. The fraction of sp³-hybridized carbons (Fsp3) is 0.143. The minimum atomic E-state index is -0.398. The van der Waals surface area contributed by atoms with Crippen molar-refractivity contribution in [1.29, 1.82) is 0 Å². The largest absolute Gasteiger partial charge is 0.466 e. The minimum absolute atomic E-state index is 0.398. The molecule has 1 rings (SSSR count). The average molecular weight is 246 g/mol. The summed E-state index contributed by atoms with van der Waals surface area (Å²) < 4.78 is 8.97. The van der Waals surface area contributed by atoms with Crippen molar-refractivity contribution in [3.63, 3.8) is 0 Å². The van der Waals surface area contributed by atoms with Gasteiger partial charge in [-0.2, -0.15) is 0 Å². The molecule has 0 N–H and O–H groups in total. The van der Waals surface area contributed by atoms with Crippen LogP contribution in [0.25, 0.3) is 12.2 Å². The van der Waals surface area contributed by atoms with Crippen LogP contribution in [-0.2, 0) is 19.1 Å². The van der Waals surface area contributed by atoms with Gasteiger partial charge in [0.25, 0.3) is 0 Å². The quantitative estimate of drug-likeness (QED) is 0.602. The number of hydrogen-bond acceptors (Lipinski definition) is 4. The molecular weight excluding hydrogens is 232 g/mol. The second-order valence-corrected chi connectivity index (χ2v) is 3.38. The lowest BCUT2D eigenvalue weighted by Gasteiger charge is -1.96. The second kappa shape index (κ2) is 7.06. The molecule has 0 atom stereocenters. The number of carbonyl (C=O) groups excluding carboxylic acids is 2. The molecule has 0 saturated carbocycles. The number of esters is 2. The van der Waals surface area contributed by atoms with Gasteiger partial charge in [0.1, 0.15) is 0 Å². The SMILES string of the molecule is COC(=O)/C=C/c1ccc(/C=C/C(=O)OC)cc1. The first-order valence-electron chi connectivity index (χ1n) is 5.28. The standard InChI is InChI=1S/C14H14O4/c1-17-13(15)9-7-11-3-5-12(6-4-11)8-10-14(16)18-2/h3-10H,1-2H3/b9-7+,10-8+. The molecule has 0 radical (unpaired) electrons. The molecule has 4 nitrogen and oxygen atoms in total. The van der Waals surface area contributed by atoms with Gasteiger partial charge in [0.05, 0.1) is 14.2 Å². The molecule has 0 unspecified atom stereocenters. The van der Waals surface area contributed by atoms with Crippen LogP contribution < -0.4 is 0 Å². The van der Waals surface area contributed by atoms with Crippen LogP contribution in [0.1, 0.15) is 11.1 Å². The predicted molar refractivity (Wildman–Crippen MR) is 68.5 cm³/mol. The van der Waals surface area contributed by atoms with Crippen LogP contribution in [0.2, 0.25) is 0 Å². The molecule has 0 aliphatic rings. The fourth-order valence-corrected chi connectivity index (χ4v) is 1.18. The van der Waals surface area contributed by atoms with E-state index in [0.717, 1.165) is 11.1 Å². The molecule has 18 heavy (non-hydrogen) atoms. The Bertz CT molecular complexity index is 424. The maximum atomic E-state index is 10.9. The Morgan fingerprint density at radius 2 is 1.17 bits per heavy atom. The first-order chi connectivity index (χ1) is 8.65. The average Bonchev–Trinajstić information content (AvgIpc) is 2.43.